The smallest absolute Gasteiger partial charge is 0.0540 e. The topological polar surface area (TPSA) is 6.48 Å². The van der Waals surface area contributed by atoms with Crippen LogP contribution in [0.4, 0.5) is 34.1 Å². The maximum absolute atomic E-state index is 2.34. The highest BCUT2D eigenvalue weighted by atomic mass is 15.1. The molecular formula is C46H34N2. The Kier molecular flexibility index (Phi) is 7.96. The fourth-order valence-electron chi connectivity index (χ4n) is 6.48. The normalized spacial score (nSPS) is 11.2. The Hall–Kier alpha value is -6.38. The Morgan fingerprint density at radius 2 is 0.604 bits per heavy atom. The second-order valence-corrected chi connectivity index (χ2v) is 11.9. The molecule has 0 heterocycles. The lowest BCUT2D eigenvalue weighted by Crippen LogP contribution is -2.10. The molecule has 0 aliphatic heterocycles. The number of para-hydroxylation sites is 2. The summed E-state index contributed by atoms with van der Waals surface area (Å²) in [5.41, 5.74) is 9.12. The van der Waals surface area contributed by atoms with Crippen molar-refractivity contribution in [2.24, 2.45) is 0 Å². The van der Waals surface area contributed by atoms with E-state index in [4.69, 9.17) is 0 Å². The summed E-state index contributed by atoms with van der Waals surface area (Å²) in [4.78, 5) is 4.67. The van der Waals surface area contributed by atoms with E-state index >= 15 is 0 Å². The predicted molar refractivity (Wildman–Crippen MR) is 206 cm³/mol. The fourth-order valence-corrected chi connectivity index (χ4v) is 6.48. The van der Waals surface area contributed by atoms with Gasteiger partial charge in [-0.25, -0.2) is 0 Å². The Morgan fingerprint density at radius 1 is 0.271 bits per heavy atom. The summed E-state index contributed by atoms with van der Waals surface area (Å²) in [6.07, 6.45) is 4.37. The van der Waals surface area contributed by atoms with E-state index < -0.39 is 0 Å². The van der Waals surface area contributed by atoms with Crippen LogP contribution in [0.15, 0.2) is 194 Å². The van der Waals surface area contributed by atoms with Crippen molar-refractivity contribution in [1.29, 1.82) is 0 Å². The van der Waals surface area contributed by atoms with Gasteiger partial charge in [-0.15, -0.1) is 0 Å². The van der Waals surface area contributed by atoms with Crippen molar-refractivity contribution in [1.82, 2.24) is 0 Å². The minimum Gasteiger partial charge on any atom is -0.310 e. The van der Waals surface area contributed by atoms with Gasteiger partial charge in [0.1, 0.15) is 0 Å². The van der Waals surface area contributed by atoms with E-state index in [1.165, 1.54) is 21.5 Å². The second-order valence-electron chi connectivity index (χ2n) is 11.9. The lowest BCUT2D eigenvalue weighted by atomic mass is 10.1. The molecule has 0 saturated carbocycles. The molecule has 0 N–H and O–H groups in total. The molecule has 0 atom stereocenters. The molecule has 0 unspecified atom stereocenters. The highest BCUT2D eigenvalue weighted by Crippen LogP contribution is 2.40. The Bertz CT molecular complexity index is 2150. The van der Waals surface area contributed by atoms with Gasteiger partial charge in [0.2, 0.25) is 0 Å². The van der Waals surface area contributed by atoms with Gasteiger partial charge in [0.15, 0.2) is 0 Å². The number of hydrogen-bond acceptors (Lipinski definition) is 2. The molecule has 0 radical (unpaired) electrons. The summed E-state index contributed by atoms with van der Waals surface area (Å²) in [7, 11) is 0. The van der Waals surface area contributed by atoms with Crippen molar-refractivity contribution < 1.29 is 0 Å². The van der Waals surface area contributed by atoms with E-state index in [1.54, 1.807) is 0 Å². The molecule has 2 nitrogen and oxygen atoms in total. The van der Waals surface area contributed by atoms with E-state index in [-0.39, 0.29) is 0 Å². The summed E-state index contributed by atoms with van der Waals surface area (Å²) >= 11 is 0. The van der Waals surface area contributed by atoms with Crippen LogP contribution in [0.5, 0.6) is 0 Å². The van der Waals surface area contributed by atoms with Crippen LogP contribution in [-0.2, 0) is 0 Å². The van der Waals surface area contributed by atoms with Crippen LogP contribution in [0.1, 0.15) is 11.1 Å². The van der Waals surface area contributed by atoms with Gasteiger partial charge < -0.3 is 9.80 Å². The van der Waals surface area contributed by atoms with Crippen LogP contribution in [-0.4, -0.2) is 0 Å². The molecule has 0 spiro atoms. The summed E-state index contributed by atoms with van der Waals surface area (Å²) in [5.74, 6) is 0. The van der Waals surface area contributed by atoms with Gasteiger partial charge in [0, 0.05) is 33.5 Å². The Morgan fingerprint density at radius 3 is 1.02 bits per heavy atom. The van der Waals surface area contributed by atoms with Gasteiger partial charge in [0.25, 0.3) is 0 Å². The molecule has 0 aliphatic carbocycles. The third kappa shape index (κ3) is 5.84. The number of hydrogen-bond donors (Lipinski definition) is 0. The first-order valence-corrected chi connectivity index (χ1v) is 16.4. The van der Waals surface area contributed by atoms with Gasteiger partial charge in [-0.05, 0) is 82.6 Å². The molecular weight excluding hydrogens is 581 g/mol. The van der Waals surface area contributed by atoms with E-state index in [1.807, 2.05) is 0 Å². The van der Waals surface area contributed by atoms with Crippen molar-refractivity contribution in [2.45, 2.75) is 0 Å². The predicted octanol–water partition coefficient (Wildman–Crippen LogP) is 13.1. The molecule has 48 heavy (non-hydrogen) atoms. The van der Waals surface area contributed by atoms with E-state index in [9.17, 15) is 0 Å². The third-order valence-electron chi connectivity index (χ3n) is 8.81. The van der Waals surface area contributed by atoms with Crippen LogP contribution < -0.4 is 9.80 Å². The Balaban J connectivity index is 1.08. The van der Waals surface area contributed by atoms with Gasteiger partial charge in [0.05, 0.1) is 11.4 Å². The van der Waals surface area contributed by atoms with Crippen LogP contribution in [0.2, 0.25) is 0 Å². The van der Waals surface area contributed by atoms with Crippen LogP contribution in [0.25, 0.3) is 33.7 Å². The minimum atomic E-state index is 1.12. The van der Waals surface area contributed by atoms with Gasteiger partial charge in [-0.3, -0.25) is 0 Å². The number of fused-ring (bicyclic) bond motifs is 2. The molecule has 0 saturated heterocycles. The van der Waals surface area contributed by atoms with Gasteiger partial charge >= 0.3 is 0 Å². The Labute approximate surface area is 282 Å². The van der Waals surface area contributed by atoms with Crippen molar-refractivity contribution in [3.05, 3.63) is 205 Å². The minimum absolute atomic E-state index is 1.12. The number of nitrogens with zero attached hydrogens (tertiary/aromatic N) is 2. The van der Waals surface area contributed by atoms with Crippen LogP contribution in [0.3, 0.4) is 0 Å². The number of rotatable bonds is 8. The molecule has 0 aromatic heterocycles. The quantitative estimate of drug-likeness (QED) is 0.157. The molecule has 0 aliphatic rings. The summed E-state index contributed by atoms with van der Waals surface area (Å²) in [5, 5.41) is 4.90. The van der Waals surface area contributed by atoms with E-state index in [2.05, 4.69) is 216 Å². The van der Waals surface area contributed by atoms with Crippen molar-refractivity contribution >= 4 is 67.8 Å². The first-order chi connectivity index (χ1) is 23.8. The molecule has 0 bridgehead atoms. The van der Waals surface area contributed by atoms with Gasteiger partial charge in [-0.1, -0.05) is 146 Å². The molecule has 8 aromatic carbocycles. The average Bonchev–Trinajstić information content (AvgIpc) is 3.16. The zero-order valence-electron chi connectivity index (χ0n) is 26.5. The summed E-state index contributed by atoms with van der Waals surface area (Å²) in [6, 6.07) is 68.9. The average molecular weight is 615 g/mol. The second kappa shape index (κ2) is 13.2. The number of benzene rings is 8. The SMILES string of the molecule is C(=C\c1ccc(N(c2ccccc2)c2cccc3ccccc23)cc1)/c1ccc(N(c2ccccc2)c2cccc3ccccc23)cc1. The van der Waals surface area contributed by atoms with Crippen LogP contribution in [0, 0.1) is 0 Å². The van der Waals surface area contributed by atoms with Gasteiger partial charge in [-0.2, -0.15) is 0 Å². The maximum atomic E-state index is 2.34. The first kappa shape index (κ1) is 29.1. The fraction of sp³-hybridized carbons (Fsp3) is 0. The first-order valence-electron chi connectivity index (χ1n) is 16.4. The molecule has 8 aromatic rings. The molecule has 228 valence electrons. The molecule has 0 amide bonds. The van der Waals surface area contributed by atoms with Crippen molar-refractivity contribution in [3.63, 3.8) is 0 Å². The zero-order valence-corrected chi connectivity index (χ0v) is 26.5. The largest absolute Gasteiger partial charge is 0.310 e. The highest BCUT2D eigenvalue weighted by Gasteiger charge is 2.16. The lowest BCUT2D eigenvalue weighted by Gasteiger charge is -2.27. The lowest BCUT2D eigenvalue weighted by molar-refractivity contribution is 1.29. The highest BCUT2D eigenvalue weighted by molar-refractivity contribution is 6.00. The maximum Gasteiger partial charge on any atom is 0.0540 e. The van der Waals surface area contributed by atoms with Crippen LogP contribution >= 0.6 is 0 Å². The van der Waals surface area contributed by atoms with Crippen molar-refractivity contribution in [2.75, 3.05) is 9.80 Å². The van der Waals surface area contributed by atoms with E-state index in [0.717, 1.165) is 45.3 Å². The monoisotopic (exact) mass is 614 g/mol. The molecule has 0 fully saturated rings. The summed E-state index contributed by atoms with van der Waals surface area (Å²) in [6.45, 7) is 0. The standard InChI is InChI=1S/C46H34N2/c1-3-17-39(18-4-1)47(45-23-11-15-37-13-7-9-21-43(37)45)41-31-27-35(28-32-41)25-26-36-29-33-42(34-30-36)48(40-19-5-2-6-20-40)46-24-12-16-38-14-8-10-22-44(38)46/h1-34H/b26-25+. The van der Waals surface area contributed by atoms with E-state index in [0.29, 0.717) is 0 Å². The molecule has 2 heteroatoms. The zero-order chi connectivity index (χ0) is 32.1. The van der Waals surface area contributed by atoms with Crippen molar-refractivity contribution in [3.8, 4) is 0 Å². The summed E-state index contributed by atoms with van der Waals surface area (Å²) < 4.78 is 0. The molecule has 8 rings (SSSR count). The third-order valence-corrected chi connectivity index (χ3v) is 8.81. The number of anilines is 6.